The van der Waals surface area contributed by atoms with Crippen LogP contribution in [-0.4, -0.2) is 16.6 Å². The van der Waals surface area contributed by atoms with E-state index in [1.54, 1.807) is 0 Å². The number of benzene rings is 1. The van der Waals surface area contributed by atoms with Crippen LogP contribution in [0.25, 0.3) is 0 Å². The van der Waals surface area contributed by atoms with E-state index < -0.39 is 16.6 Å². The molecule has 0 aromatic heterocycles. The van der Waals surface area contributed by atoms with Crippen molar-refractivity contribution in [2.45, 2.75) is 59.0 Å². The highest BCUT2D eigenvalue weighted by Crippen LogP contribution is 2.19. The van der Waals surface area contributed by atoms with E-state index in [0.717, 1.165) is 0 Å². The van der Waals surface area contributed by atoms with Gasteiger partial charge in [-0.05, 0) is 45.7 Å². The largest absolute Gasteiger partial charge is 0.456 e. The van der Waals surface area contributed by atoms with Gasteiger partial charge in [0.15, 0.2) is 16.6 Å². The number of rotatable bonds is 4. The molecule has 18 heavy (non-hydrogen) atoms. The van der Waals surface area contributed by atoms with E-state index in [0.29, 0.717) is 0 Å². The summed E-state index contributed by atoms with van der Waals surface area (Å²) in [5, 5.41) is 0. The minimum atomic E-state index is -1.28. The zero-order valence-corrected chi connectivity index (χ0v) is 15.2. The van der Waals surface area contributed by atoms with Crippen molar-refractivity contribution in [3.8, 4) is 0 Å². The fraction of sp³-hybridized carbons (Fsp3) is 0.600. The first-order valence-corrected chi connectivity index (χ1v) is 13.4. The lowest BCUT2D eigenvalue weighted by Gasteiger charge is -2.31. The van der Waals surface area contributed by atoms with E-state index in [9.17, 15) is 0 Å². The number of hydrogen-bond acceptors (Lipinski definition) is 1. The lowest BCUT2D eigenvalue weighted by atomic mass is 10.2. The topological polar surface area (TPSA) is 9.23 Å². The minimum Gasteiger partial charge on any atom is -0.456 e. The van der Waals surface area contributed by atoms with Gasteiger partial charge in [0.05, 0.1) is 0 Å². The molecule has 0 saturated heterocycles. The van der Waals surface area contributed by atoms with Crippen LogP contribution in [0.15, 0.2) is 30.3 Å². The standard InChI is InChI=1S/C8H22OSi2.C7H8/c1-7-8-11(5,6)9-10(2,3)4;1-7-5-3-2-4-6-7/h7-8H2,1-6H3;2-6H,1H3. The summed E-state index contributed by atoms with van der Waals surface area (Å²) in [6, 6.07) is 11.6. The highest BCUT2D eigenvalue weighted by molar-refractivity contribution is 6.84. The Morgan fingerprint density at radius 3 is 1.72 bits per heavy atom. The van der Waals surface area contributed by atoms with Crippen LogP contribution in [0.1, 0.15) is 18.9 Å². The maximum Gasteiger partial charge on any atom is 0.173 e. The summed E-state index contributed by atoms with van der Waals surface area (Å²) < 4.78 is 6.14. The van der Waals surface area contributed by atoms with Gasteiger partial charge in [-0.25, -0.2) is 0 Å². The Kier molecular flexibility index (Phi) is 7.75. The SMILES string of the molecule is CCC[Si](C)(C)O[Si](C)(C)C.Cc1ccccc1. The predicted molar refractivity (Wildman–Crippen MR) is 88.2 cm³/mol. The normalized spacial score (nSPS) is 11.7. The molecule has 0 amide bonds. The zero-order chi connectivity index (χ0) is 14.2. The molecule has 0 aliphatic carbocycles. The van der Waals surface area contributed by atoms with Crippen molar-refractivity contribution in [2.75, 3.05) is 0 Å². The molecule has 0 fully saturated rings. The van der Waals surface area contributed by atoms with E-state index in [1.807, 2.05) is 18.2 Å². The van der Waals surface area contributed by atoms with Crippen LogP contribution in [0, 0.1) is 6.92 Å². The van der Waals surface area contributed by atoms with Gasteiger partial charge < -0.3 is 4.12 Å². The van der Waals surface area contributed by atoms with Crippen molar-refractivity contribution in [1.29, 1.82) is 0 Å². The predicted octanol–water partition coefficient (Wildman–Crippen LogP) is 5.45. The van der Waals surface area contributed by atoms with E-state index in [-0.39, 0.29) is 0 Å². The monoisotopic (exact) mass is 282 g/mol. The smallest absolute Gasteiger partial charge is 0.173 e. The average Bonchev–Trinajstić information content (AvgIpc) is 2.15. The summed E-state index contributed by atoms with van der Waals surface area (Å²) in [6.45, 7) is 15.8. The van der Waals surface area contributed by atoms with Crippen LogP contribution < -0.4 is 0 Å². The quantitative estimate of drug-likeness (QED) is 0.667. The summed E-state index contributed by atoms with van der Waals surface area (Å²) in [5.74, 6) is 0. The van der Waals surface area contributed by atoms with Gasteiger partial charge in [0.1, 0.15) is 0 Å². The molecule has 0 unspecified atom stereocenters. The summed E-state index contributed by atoms with van der Waals surface area (Å²) in [7, 11) is -2.55. The first-order chi connectivity index (χ1) is 8.16. The Morgan fingerprint density at radius 2 is 1.44 bits per heavy atom. The molecule has 0 aliphatic heterocycles. The van der Waals surface area contributed by atoms with E-state index in [4.69, 9.17) is 4.12 Å². The molecule has 0 bridgehead atoms. The van der Waals surface area contributed by atoms with Gasteiger partial charge >= 0.3 is 0 Å². The molecule has 1 rings (SSSR count). The number of aryl methyl sites for hydroxylation is 1. The van der Waals surface area contributed by atoms with Gasteiger partial charge in [-0.3, -0.25) is 0 Å². The van der Waals surface area contributed by atoms with Crippen molar-refractivity contribution < 1.29 is 4.12 Å². The van der Waals surface area contributed by atoms with Gasteiger partial charge in [-0.2, -0.15) is 0 Å². The maximum absolute atomic E-state index is 6.14. The fourth-order valence-corrected chi connectivity index (χ4v) is 10.3. The van der Waals surface area contributed by atoms with Crippen LogP contribution >= 0.6 is 0 Å². The molecule has 0 atom stereocenters. The summed E-state index contributed by atoms with van der Waals surface area (Å²) in [5.41, 5.74) is 1.32. The molecule has 1 aromatic carbocycles. The van der Waals surface area contributed by atoms with Crippen molar-refractivity contribution >= 4 is 16.6 Å². The highest BCUT2D eigenvalue weighted by Gasteiger charge is 2.28. The Morgan fingerprint density at radius 1 is 0.944 bits per heavy atom. The Labute approximate surface area is 116 Å². The van der Waals surface area contributed by atoms with E-state index >= 15 is 0 Å². The zero-order valence-electron chi connectivity index (χ0n) is 13.2. The Bertz CT molecular complexity index is 315. The summed E-state index contributed by atoms with van der Waals surface area (Å²) in [6.07, 6.45) is 1.27. The molecule has 0 spiro atoms. The van der Waals surface area contributed by atoms with Crippen LogP contribution in [0.4, 0.5) is 0 Å². The molecule has 1 aromatic rings. The molecular formula is C15H30OSi2. The summed E-state index contributed by atoms with van der Waals surface area (Å²) in [4.78, 5) is 0. The van der Waals surface area contributed by atoms with Gasteiger partial charge in [0.25, 0.3) is 0 Å². The van der Waals surface area contributed by atoms with E-state index in [2.05, 4.69) is 58.7 Å². The first kappa shape index (κ1) is 17.6. The molecule has 104 valence electrons. The third-order valence-corrected chi connectivity index (χ3v) is 8.74. The highest BCUT2D eigenvalue weighted by atomic mass is 28.4. The van der Waals surface area contributed by atoms with Crippen LogP contribution in [0.3, 0.4) is 0 Å². The molecule has 0 saturated carbocycles. The van der Waals surface area contributed by atoms with E-state index in [1.165, 1.54) is 18.0 Å². The first-order valence-electron chi connectivity index (χ1n) is 6.88. The Hall–Kier alpha value is -0.386. The summed E-state index contributed by atoms with van der Waals surface area (Å²) >= 11 is 0. The van der Waals surface area contributed by atoms with Crippen LogP contribution in [-0.2, 0) is 4.12 Å². The van der Waals surface area contributed by atoms with Crippen molar-refractivity contribution in [1.82, 2.24) is 0 Å². The second kappa shape index (κ2) is 7.92. The lowest BCUT2D eigenvalue weighted by molar-refractivity contribution is 0.546. The molecule has 3 heteroatoms. The van der Waals surface area contributed by atoms with Crippen molar-refractivity contribution in [3.05, 3.63) is 35.9 Å². The number of hydrogen-bond donors (Lipinski definition) is 0. The van der Waals surface area contributed by atoms with Gasteiger partial charge in [-0.1, -0.05) is 49.2 Å². The third kappa shape index (κ3) is 10.7. The molecule has 0 radical (unpaired) electrons. The average molecular weight is 283 g/mol. The maximum atomic E-state index is 6.14. The molecular weight excluding hydrogens is 252 g/mol. The van der Waals surface area contributed by atoms with Crippen LogP contribution in [0.5, 0.6) is 0 Å². The second-order valence-electron chi connectivity index (χ2n) is 6.38. The van der Waals surface area contributed by atoms with Gasteiger partial charge in [0, 0.05) is 0 Å². The lowest BCUT2D eigenvalue weighted by Crippen LogP contribution is -2.41. The molecule has 0 aliphatic rings. The molecule has 0 heterocycles. The second-order valence-corrected chi connectivity index (χ2v) is 15.4. The van der Waals surface area contributed by atoms with Gasteiger partial charge in [0.2, 0.25) is 0 Å². The molecule has 1 nitrogen and oxygen atoms in total. The fourth-order valence-electron chi connectivity index (χ4n) is 2.02. The van der Waals surface area contributed by atoms with Gasteiger partial charge in [-0.15, -0.1) is 0 Å². The Balaban J connectivity index is 0.000000351. The van der Waals surface area contributed by atoms with Crippen molar-refractivity contribution in [2.24, 2.45) is 0 Å². The van der Waals surface area contributed by atoms with Crippen LogP contribution in [0.2, 0.25) is 38.8 Å². The molecule has 0 N–H and O–H groups in total. The minimum absolute atomic E-state index is 1.27. The van der Waals surface area contributed by atoms with Crippen molar-refractivity contribution in [3.63, 3.8) is 0 Å². The third-order valence-electron chi connectivity index (χ3n) is 2.37.